The molecule has 0 aromatic carbocycles. The Kier molecular flexibility index (Phi) is 10.1. The Labute approximate surface area is 89.5 Å². The number of nitrogens with two attached hydrogens (primary N) is 1. The van der Waals surface area contributed by atoms with Gasteiger partial charge in [0.15, 0.2) is 0 Å². The highest BCUT2D eigenvalue weighted by Crippen LogP contribution is 1.83. The quantitative estimate of drug-likeness (QED) is 0.310. The number of amides is 2. The maximum Gasteiger partial charge on any atom is 0.222 e. The third kappa shape index (κ3) is 10.8. The van der Waals surface area contributed by atoms with Crippen LogP contribution in [0.5, 0.6) is 0 Å². The van der Waals surface area contributed by atoms with Crippen LogP contribution in [0.25, 0.3) is 0 Å². The minimum atomic E-state index is -0.0354. The summed E-state index contributed by atoms with van der Waals surface area (Å²) in [5.74, 6) is -0.0354. The molecular weight excluding hydrogens is 198 g/mol. The first-order valence-electron chi connectivity index (χ1n) is 5.02. The predicted octanol–water partition coefficient (Wildman–Crippen LogP) is -1.40. The molecule has 88 valence electrons. The summed E-state index contributed by atoms with van der Waals surface area (Å²) >= 11 is 0. The number of ether oxygens (including phenoxy) is 1. The van der Waals surface area contributed by atoms with E-state index in [1.165, 1.54) is 0 Å². The van der Waals surface area contributed by atoms with Crippen molar-refractivity contribution < 1.29 is 14.3 Å². The molecule has 2 amide bonds. The normalized spacial score (nSPS) is 9.67. The molecule has 0 saturated carbocycles. The van der Waals surface area contributed by atoms with E-state index in [4.69, 9.17) is 10.5 Å². The Hall–Kier alpha value is -1.14. The molecule has 6 heteroatoms. The molecule has 0 rings (SSSR count). The van der Waals surface area contributed by atoms with Gasteiger partial charge in [0, 0.05) is 19.5 Å². The second-order valence-corrected chi connectivity index (χ2v) is 2.93. The van der Waals surface area contributed by atoms with Crippen LogP contribution in [0.2, 0.25) is 0 Å². The lowest BCUT2D eigenvalue weighted by Gasteiger charge is -2.05. The van der Waals surface area contributed by atoms with Crippen LogP contribution in [-0.2, 0) is 14.3 Å². The first-order valence-corrected chi connectivity index (χ1v) is 5.02. The fraction of sp³-hybridized carbons (Fsp3) is 0.778. The molecule has 0 saturated heterocycles. The summed E-state index contributed by atoms with van der Waals surface area (Å²) in [6, 6.07) is 0. The molecule has 15 heavy (non-hydrogen) atoms. The Morgan fingerprint density at radius 2 is 2.13 bits per heavy atom. The molecule has 0 fully saturated rings. The van der Waals surface area contributed by atoms with Gasteiger partial charge in [0.1, 0.15) is 0 Å². The molecule has 0 bridgehead atoms. The van der Waals surface area contributed by atoms with Crippen LogP contribution in [0.1, 0.15) is 12.8 Å². The predicted molar refractivity (Wildman–Crippen MR) is 56.2 cm³/mol. The van der Waals surface area contributed by atoms with Gasteiger partial charge in [-0.2, -0.15) is 0 Å². The molecular formula is C9H19N3O3. The van der Waals surface area contributed by atoms with Gasteiger partial charge in [-0.15, -0.1) is 0 Å². The number of nitrogens with one attached hydrogen (secondary N) is 2. The summed E-state index contributed by atoms with van der Waals surface area (Å²) in [6.45, 7) is 2.46. The van der Waals surface area contributed by atoms with Crippen molar-refractivity contribution in [3.05, 3.63) is 0 Å². The van der Waals surface area contributed by atoms with E-state index in [0.717, 1.165) is 6.42 Å². The van der Waals surface area contributed by atoms with Gasteiger partial charge < -0.3 is 21.1 Å². The monoisotopic (exact) mass is 217 g/mol. The lowest BCUT2D eigenvalue weighted by atomic mass is 10.4. The van der Waals surface area contributed by atoms with Gasteiger partial charge in [-0.25, -0.2) is 0 Å². The summed E-state index contributed by atoms with van der Waals surface area (Å²) in [5.41, 5.74) is 5.27. The van der Waals surface area contributed by atoms with Crippen LogP contribution < -0.4 is 16.4 Å². The molecule has 0 aromatic heterocycles. The fourth-order valence-electron chi connectivity index (χ4n) is 0.875. The van der Waals surface area contributed by atoms with Crippen LogP contribution in [0.4, 0.5) is 0 Å². The standard InChI is InChI=1S/C9H19N3O3/c10-3-1-4-12-9(14)2-6-15-7-5-11-8-13/h8H,1-7,10H2,(H,11,13)(H,12,14). The van der Waals surface area contributed by atoms with Crippen molar-refractivity contribution in [2.45, 2.75) is 12.8 Å². The molecule has 6 nitrogen and oxygen atoms in total. The zero-order valence-corrected chi connectivity index (χ0v) is 8.83. The lowest BCUT2D eigenvalue weighted by molar-refractivity contribution is -0.122. The number of rotatable bonds is 10. The molecule has 0 atom stereocenters. The zero-order valence-electron chi connectivity index (χ0n) is 8.83. The SMILES string of the molecule is NCCCNC(=O)CCOCCNC=O. The van der Waals surface area contributed by atoms with E-state index >= 15 is 0 Å². The van der Waals surface area contributed by atoms with E-state index in [2.05, 4.69) is 10.6 Å². The molecule has 4 N–H and O–H groups in total. The van der Waals surface area contributed by atoms with Gasteiger partial charge in [-0.3, -0.25) is 9.59 Å². The fourth-order valence-corrected chi connectivity index (χ4v) is 0.875. The van der Waals surface area contributed by atoms with Crippen molar-refractivity contribution >= 4 is 12.3 Å². The number of carbonyl (C=O) groups excluding carboxylic acids is 2. The van der Waals surface area contributed by atoms with E-state index in [1.54, 1.807) is 0 Å². The second kappa shape index (κ2) is 10.9. The number of hydrogen-bond acceptors (Lipinski definition) is 4. The van der Waals surface area contributed by atoms with E-state index in [0.29, 0.717) is 45.7 Å². The third-order valence-electron chi connectivity index (χ3n) is 1.65. The van der Waals surface area contributed by atoms with Crippen molar-refractivity contribution in [2.24, 2.45) is 5.73 Å². The second-order valence-electron chi connectivity index (χ2n) is 2.93. The van der Waals surface area contributed by atoms with Crippen molar-refractivity contribution in [1.29, 1.82) is 0 Å². The van der Waals surface area contributed by atoms with Crippen LogP contribution >= 0.6 is 0 Å². The van der Waals surface area contributed by atoms with Crippen molar-refractivity contribution in [3.63, 3.8) is 0 Å². The summed E-state index contributed by atoms with van der Waals surface area (Å²) in [6.07, 6.45) is 1.74. The average Bonchev–Trinajstić information content (AvgIpc) is 2.23. The molecule has 0 heterocycles. The first kappa shape index (κ1) is 13.9. The average molecular weight is 217 g/mol. The van der Waals surface area contributed by atoms with Crippen LogP contribution in [-0.4, -0.2) is 45.2 Å². The summed E-state index contributed by atoms with van der Waals surface area (Å²) < 4.78 is 5.11. The van der Waals surface area contributed by atoms with Crippen molar-refractivity contribution in [1.82, 2.24) is 10.6 Å². The molecule has 0 aliphatic carbocycles. The molecule has 0 radical (unpaired) electrons. The van der Waals surface area contributed by atoms with Gasteiger partial charge in [-0.05, 0) is 13.0 Å². The van der Waals surface area contributed by atoms with Gasteiger partial charge in [-0.1, -0.05) is 0 Å². The van der Waals surface area contributed by atoms with E-state index in [9.17, 15) is 9.59 Å². The van der Waals surface area contributed by atoms with Gasteiger partial charge >= 0.3 is 0 Å². The highest BCUT2D eigenvalue weighted by Gasteiger charge is 1.99. The Bertz CT molecular complexity index is 176. The maximum absolute atomic E-state index is 11.1. The summed E-state index contributed by atoms with van der Waals surface area (Å²) in [4.78, 5) is 21.0. The van der Waals surface area contributed by atoms with E-state index in [-0.39, 0.29) is 5.91 Å². The molecule has 0 spiro atoms. The minimum absolute atomic E-state index is 0.0354. The highest BCUT2D eigenvalue weighted by molar-refractivity contribution is 5.75. The lowest BCUT2D eigenvalue weighted by Crippen LogP contribution is -2.27. The molecule has 0 aliphatic rings. The van der Waals surface area contributed by atoms with Crippen molar-refractivity contribution in [2.75, 3.05) is 32.8 Å². The van der Waals surface area contributed by atoms with Crippen LogP contribution in [0, 0.1) is 0 Å². The Balaban J connectivity index is 3.13. The van der Waals surface area contributed by atoms with Gasteiger partial charge in [0.2, 0.25) is 12.3 Å². The van der Waals surface area contributed by atoms with Gasteiger partial charge in [0.05, 0.1) is 13.2 Å². The summed E-state index contributed by atoms with van der Waals surface area (Å²) in [5, 5.41) is 5.17. The van der Waals surface area contributed by atoms with Crippen LogP contribution in [0.3, 0.4) is 0 Å². The summed E-state index contributed by atoms with van der Waals surface area (Å²) in [7, 11) is 0. The van der Waals surface area contributed by atoms with Crippen LogP contribution in [0.15, 0.2) is 0 Å². The minimum Gasteiger partial charge on any atom is -0.379 e. The molecule has 0 aliphatic heterocycles. The molecule has 0 aromatic rings. The number of hydrogen-bond donors (Lipinski definition) is 3. The van der Waals surface area contributed by atoms with Crippen molar-refractivity contribution in [3.8, 4) is 0 Å². The third-order valence-corrected chi connectivity index (χ3v) is 1.65. The Morgan fingerprint density at radius 3 is 2.80 bits per heavy atom. The molecule has 0 unspecified atom stereocenters. The highest BCUT2D eigenvalue weighted by atomic mass is 16.5. The Morgan fingerprint density at radius 1 is 1.33 bits per heavy atom. The largest absolute Gasteiger partial charge is 0.379 e. The zero-order chi connectivity index (χ0) is 11.4. The smallest absolute Gasteiger partial charge is 0.222 e. The topological polar surface area (TPSA) is 93.4 Å². The van der Waals surface area contributed by atoms with Gasteiger partial charge in [0.25, 0.3) is 0 Å². The van der Waals surface area contributed by atoms with E-state index in [1.807, 2.05) is 0 Å². The first-order chi connectivity index (χ1) is 7.31. The maximum atomic E-state index is 11.1. The van der Waals surface area contributed by atoms with E-state index < -0.39 is 0 Å². The number of carbonyl (C=O) groups is 2.